The topological polar surface area (TPSA) is 6.48 Å². The van der Waals surface area contributed by atoms with E-state index in [-0.39, 0.29) is 0 Å². The molecule has 1 aliphatic carbocycles. The van der Waals surface area contributed by atoms with Gasteiger partial charge in [0.25, 0.3) is 0 Å². The number of rotatable bonds is 5. The zero-order chi connectivity index (χ0) is 13.2. The maximum atomic E-state index is 4.13. The molecule has 0 aliphatic heterocycles. The standard InChI is InChI=1S/C15H28N2/c1-12(2)17(9-8-16(6)7)14-11-15(4,5)10-13(14)3/h1,8-11H2,2-7H3. The van der Waals surface area contributed by atoms with Crippen LogP contribution in [-0.4, -0.2) is 37.0 Å². The van der Waals surface area contributed by atoms with Crippen molar-refractivity contribution in [3.05, 3.63) is 23.5 Å². The molecule has 0 amide bonds. The molecule has 0 aromatic rings. The van der Waals surface area contributed by atoms with Crippen LogP contribution in [0.1, 0.15) is 40.5 Å². The highest BCUT2D eigenvalue weighted by Crippen LogP contribution is 2.42. The fourth-order valence-corrected chi connectivity index (χ4v) is 2.67. The van der Waals surface area contributed by atoms with Crippen LogP contribution in [0.3, 0.4) is 0 Å². The molecular weight excluding hydrogens is 208 g/mol. The molecule has 0 saturated carbocycles. The van der Waals surface area contributed by atoms with E-state index < -0.39 is 0 Å². The third-order valence-corrected chi connectivity index (χ3v) is 3.44. The van der Waals surface area contributed by atoms with Gasteiger partial charge in [-0.15, -0.1) is 0 Å². The Labute approximate surface area is 107 Å². The fourth-order valence-electron chi connectivity index (χ4n) is 2.67. The van der Waals surface area contributed by atoms with Crippen molar-refractivity contribution >= 4 is 0 Å². The molecule has 0 radical (unpaired) electrons. The van der Waals surface area contributed by atoms with E-state index in [1.54, 1.807) is 0 Å². The largest absolute Gasteiger partial charge is 0.348 e. The zero-order valence-electron chi connectivity index (χ0n) is 12.4. The molecule has 0 aromatic heterocycles. The zero-order valence-corrected chi connectivity index (χ0v) is 12.4. The van der Waals surface area contributed by atoms with Crippen LogP contribution >= 0.6 is 0 Å². The van der Waals surface area contributed by atoms with Gasteiger partial charge in [0.05, 0.1) is 0 Å². The second-order valence-electron chi connectivity index (χ2n) is 6.43. The van der Waals surface area contributed by atoms with Crippen LogP contribution in [0.2, 0.25) is 0 Å². The molecule has 0 saturated heterocycles. The summed E-state index contributed by atoms with van der Waals surface area (Å²) in [4.78, 5) is 4.63. The highest BCUT2D eigenvalue weighted by atomic mass is 15.2. The molecule has 1 aliphatic rings. The summed E-state index contributed by atoms with van der Waals surface area (Å²) in [6.07, 6.45) is 2.40. The van der Waals surface area contributed by atoms with Crippen molar-refractivity contribution in [3.8, 4) is 0 Å². The van der Waals surface area contributed by atoms with Crippen molar-refractivity contribution < 1.29 is 0 Å². The Morgan fingerprint density at radius 3 is 2.18 bits per heavy atom. The van der Waals surface area contributed by atoms with E-state index in [9.17, 15) is 0 Å². The molecule has 0 atom stereocenters. The van der Waals surface area contributed by atoms with E-state index in [0.717, 1.165) is 13.1 Å². The highest BCUT2D eigenvalue weighted by molar-refractivity contribution is 5.24. The van der Waals surface area contributed by atoms with Crippen LogP contribution in [-0.2, 0) is 0 Å². The van der Waals surface area contributed by atoms with Gasteiger partial charge in [0.1, 0.15) is 0 Å². The number of hydrogen-bond acceptors (Lipinski definition) is 2. The van der Waals surface area contributed by atoms with Crippen molar-refractivity contribution in [3.63, 3.8) is 0 Å². The van der Waals surface area contributed by atoms with Gasteiger partial charge in [0.15, 0.2) is 0 Å². The van der Waals surface area contributed by atoms with Gasteiger partial charge in [-0.1, -0.05) is 26.0 Å². The summed E-state index contributed by atoms with van der Waals surface area (Å²) in [6.45, 7) is 15.3. The van der Waals surface area contributed by atoms with E-state index >= 15 is 0 Å². The third-order valence-electron chi connectivity index (χ3n) is 3.44. The second-order valence-corrected chi connectivity index (χ2v) is 6.43. The van der Waals surface area contributed by atoms with E-state index in [1.165, 1.54) is 29.8 Å². The Kier molecular flexibility index (Phi) is 4.42. The Hall–Kier alpha value is -0.760. The smallest absolute Gasteiger partial charge is 0.0352 e. The third kappa shape index (κ3) is 3.88. The van der Waals surface area contributed by atoms with Crippen LogP contribution in [0.25, 0.3) is 0 Å². The van der Waals surface area contributed by atoms with Crippen LogP contribution in [0, 0.1) is 5.41 Å². The van der Waals surface area contributed by atoms with E-state index in [2.05, 4.69) is 58.2 Å². The molecule has 1 rings (SSSR count). The summed E-state index contributed by atoms with van der Waals surface area (Å²) < 4.78 is 0. The lowest BCUT2D eigenvalue weighted by Crippen LogP contribution is -2.30. The molecule has 0 fully saturated rings. The van der Waals surface area contributed by atoms with Crippen LogP contribution in [0.15, 0.2) is 23.5 Å². The summed E-state index contributed by atoms with van der Waals surface area (Å²) in [5.74, 6) is 0. The summed E-state index contributed by atoms with van der Waals surface area (Å²) in [5.41, 5.74) is 4.63. The highest BCUT2D eigenvalue weighted by Gasteiger charge is 2.31. The van der Waals surface area contributed by atoms with Crippen molar-refractivity contribution in [1.29, 1.82) is 0 Å². The van der Waals surface area contributed by atoms with Gasteiger partial charge in [0.2, 0.25) is 0 Å². The molecule has 0 heterocycles. The molecule has 0 aromatic carbocycles. The average molecular weight is 236 g/mol. The first-order valence-corrected chi connectivity index (χ1v) is 6.49. The van der Waals surface area contributed by atoms with Crippen molar-refractivity contribution in [2.75, 3.05) is 27.2 Å². The van der Waals surface area contributed by atoms with Crippen molar-refractivity contribution in [1.82, 2.24) is 9.80 Å². The SMILES string of the molecule is C=C(C)N(CCN(C)C)C1=C(C)CC(C)(C)C1. The number of nitrogens with zero attached hydrogens (tertiary/aromatic N) is 2. The first-order valence-electron chi connectivity index (χ1n) is 6.49. The number of hydrogen-bond donors (Lipinski definition) is 0. The van der Waals surface area contributed by atoms with E-state index in [0.29, 0.717) is 5.41 Å². The van der Waals surface area contributed by atoms with E-state index in [4.69, 9.17) is 0 Å². The first kappa shape index (κ1) is 14.3. The van der Waals surface area contributed by atoms with Crippen LogP contribution in [0.4, 0.5) is 0 Å². The van der Waals surface area contributed by atoms with Gasteiger partial charge in [-0.25, -0.2) is 0 Å². The lowest BCUT2D eigenvalue weighted by molar-refractivity contribution is 0.307. The maximum Gasteiger partial charge on any atom is 0.0352 e. The summed E-state index contributed by atoms with van der Waals surface area (Å²) in [5, 5.41) is 0. The van der Waals surface area contributed by atoms with Gasteiger partial charge in [-0.2, -0.15) is 0 Å². The molecule has 2 nitrogen and oxygen atoms in total. The van der Waals surface area contributed by atoms with Crippen LogP contribution in [0.5, 0.6) is 0 Å². The van der Waals surface area contributed by atoms with E-state index in [1.807, 2.05) is 0 Å². The predicted octanol–water partition coefficient (Wildman–Crippen LogP) is 3.48. The minimum Gasteiger partial charge on any atom is -0.348 e. The van der Waals surface area contributed by atoms with Gasteiger partial charge < -0.3 is 9.80 Å². The molecule has 0 N–H and O–H groups in total. The number of allylic oxidation sites excluding steroid dienone is 3. The number of likely N-dealkylation sites (N-methyl/N-ethyl adjacent to an activating group) is 1. The van der Waals surface area contributed by atoms with Crippen molar-refractivity contribution in [2.45, 2.75) is 40.5 Å². The second kappa shape index (κ2) is 5.26. The summed E-state index contributed by atoms with van der Waals surface area (Å²) in [7, 11) is 4.24. The van der Waals surface area contributed by atoms with Gasteiger partial charge in [-0.05, 0) is 46.2 Å². The molecular formula is C15H28N2. The lowest BCUT2D eigenvalue weighted by Gasteiger charge is -2.29. The normalized spacial score (nSPS) is 19.0. The predicted molar refractivity (Wildman–Crippen MR) is 75.8 cm³/mol. The molecule has 2 heteroatoms. The Balaban J connectivity index is 2.78. The Morgan fingerprint density at radius 2 is 1.82 bits per heavy atom. The molecule has 17 heavy (non-hydrogen) atoms. The average Bonchev–Trinajstić information content (AvgIpc) is 2.39. The monoisotopic (exact) mass is 236 g/mol. The van der Waals surface area contributed by atoms with Gasteiger partial charge >= 0.3 is 0 Å². The summed E-state index contributed by atoms with van der Waals surface area (Å²) in [6, 6.07) is 0. The Morgan fingerprint density at radius 1 is 1.24 bits per heavy atom. The fraction of sp³-hybridized carbons (Fsp3) is 0.733. The lowest BCUT2D eigenvalue weighted by atomic mass is 9.89. The Bertz CT molecular complexity index is 324. The molecule has 0 bridgehead atoms. The molecule has 0 unspecified atom stereocenters. The minimum atomic E-state index is 0.422. The summed E-state index contributed by atoms with van der Waals surface area (Å²) >= 11 is 0. The van der Waals surface area contributed by atoms with Gasteiger partial charge in [0, 0.05) is 24.5 Å². The molecule has 0 spiro atoms. The minimum absolute atomic E-state index is 0.422. The first-order chi connectivity index (χ1) is 7.73. The van der Waals surface area contributed by atoms with Gasteiger partial charge in [-0.3, -0.25) is 0 Å². The van der Waals surface area contributed by atoms with Crippen LogP contribution < -0.4 is 0 Å². The quantitative estimate of drug-likeness (QED) is 0.721. The molecule has 98 valence electrons. The maximum absolute atomic E-state index is 4.13. The van der Waals surface area contributed by atoms with Crippen molar-refractivity contribution in [2.24, 2.45) is 5.41 Å².